The summed E-state index contributed by atoms with van der Waals surface area (Å²) in [7, 11) is 3.72. The topological polar surface area (TPSA) is 80.5 Å². The van der Waals surface area contributed by atoms with E-state index in [9.17, 15) is 4.79 Å². The SMILES string of the molecule is COCCCN(C)Cc1ccc(C(=O)NN)cn1. The highest BCUT2D eigenvalue weighted by molar-refractivity contribution is 5.93. The number of amides is 1. The van der Waals surface area contributed by atoms with Crippen molar-refractivity contribution in [2.75, 3.05) is 27.3 Å². The second kappa shape index (κ2) is 7.75. The molecule has 1 amide bonds. The molecule has 0 aliphatic heterocycles. The zero-order valence-electron chi connectivity index (χ0n) is 10.8. The number of nitrogens with zero attached hydrogens (tertiary/aromatic N) is 2. The van der Waals surface area contributed by atoms with Gasteiger partial charge in [-0.2, -0.15) is 0 Å². The Hall–Kier alpha value is -1.50. The third kappa shape index (κ3) is 4.79. The minimum absolute atomic E-state index is 0.331. The van der Waals surface area contributed by atoms with Gasteiger partial charge in [-0.1, -0.05) is 0 Å². The molecule has 6 heteroatoms. The number of carbonyl (C=O) groups is 1. The van der Waals surface area contributed by atoms with Crippen molar-refractivity contribution >= 4 is 5.91 Å². The summed E-state index contributed by atoms with van der Waals surface area (Å²) in [5, 5.41) is 0. The first kappa shape index (κ1) is 14.6. The molecular formula is C12H20N4O2. The van der Waals surface area contributed by atoms with Crippen molar-refractivity contribution in [1.82, 2.24) is 15.3 Å². The van der Waals surface area contributed by atoms with Gasteiger partial charge >= 0.3 is 0 Å². The van der Waals surface area contributed by atoms with Crippen LogP contribution in [0.15, 0.2) is 18.3 Å². The maximum Gasteiger partial charge on any atom is 0.266 e. The average molecular weight is 252 g/mol. The molecule has 0 radical (unpaired) electrons. The van der Waals surface area contributed by atoms with E-state index in [1.165, 1.54) is 6.20 Å². The number of aromatic nitrogens is 1. The van der Waals surface area contributed by atoms with Crippen LogP contribution in [-0.4, -0.2) is 43.1 Å². The molecule has 0 bridgehead atoms. The van der Waals surface area contributed by atoms with Crippen molar-refractivity contribution in [3.05, 3.63) is 29.6 Å². The van der Waals surface area contributed by atoms with Crippen LogP contribution in [0.3, 0.4) is 0 Å². The van der Waals surface area contributed by atoms with Gasteiger partial charge in [0, 0.05) is 33.0 Å². The van der Waals surface area contributed by atoms with Crippen LogP contribution in [0.2, 0.25) is 0 Å². The highest BCUT2D eigenvalue weighted by atomic mass is 16.5. The van der Waals surface area contributed by atoms with Crippen molar-refractivity contribution in [2.24, 2.45) is 5.84 Å². The van der Waals surface area contributed by atoms with Crippen LogP contribution >= 0.6 is 0 Å². The molecule has 0 aliphatic rings. The van der Waals surface area contributed by atoms with Crippen molar-refractivity contribution in [3.63, 3.8) is 0 Å². The van der Waals surface area contributed by atoms with Crippen molar-refractivity contribution in [3.8, 4) is 0 Å². The molecule has 0 fully saturated rings. The fourth-order valence-corrected chi connectivity index (χ4v) is 1.57. The Morgan fingerprint density at radius 1 is 1.56 bits per heavy atom. The van der Waals surface area contributed by atoms with E-state index in [1.54, 1.807) is 13.2 Å². The fraction of sp³-hybridized carbons (Fsp3) is 0.500. The lowest BCUT2D eigenvalue weighted by molar-refractivity contribution is 0.0953. The third-order valence-corrected chi connectivity index (χ3v) is 2.54. The van der Waals surface area contributed by atoms with Crippen LogP contribution < -0.4 is 11.3 Å². The lowest BCUT2D eigenvalue weighted by atomic mass is 10.2. The Labute approximate surface area is 107 Å². The first-order valence-electron chi connectivity index (χ1n) is 5.80. The molecule has 100 valence electrons. The molecule has 0 aromatic carbocycles. The normalized spacial score (nSPS) is 10.7. The number of hydrogen-bond acceptors (Lipinski definition) is 5. The summed E-state index contributed by atoms with van der Waals surface area (Å²) in [5.74, 6) is 4.71. The summed E-state index contributed by atoms with van der Waals surface area (Å²) in [6, 6.07) is 3.55. The quantitative estimate of drug-likeness (QED) is 0.312. The molecule has 3 N–H and O–H groups in total. The van der Waals surface area contributed by atoms with Crippen LogP contribution in [0.4, 0.5) is 0 Å². The Morgan fingerprint density at radius 3 is 2.89 bits per heavy atom. The fourth-order valence-electron chi connectivity index (χ4n) is 1.57. The maximum absolute atomic E-state index is 11.2. The van der Waals surface area contributed by atoms with E-state index in [-0.39, 0.29) is 5.91 Å². The first-order valence-corrected chi connectivity index (χ1v) is 5.80. The maximum atomic E-state index is 11.2. The molecule has 6 nitrogen and oxygen atoms in total. The number of ether oxygens (including phenoxy) is 1. The zero-order valence-corrected chi connectivity index (χ0v) is 10.8. The molecule has 18 heavy (non-hydrogen) atoms. The molecular weight excluding hydrogens is 232 g/mol. The lowest BCUT2D eigenvalue weighted by Crippen LogP contribution is -2.30. The van der Waals surface area contributed by atoms with Crippen LogP contribution in [0.5, 0.6) is 0 Å². The van der Waals surface area contributed by atoms with E-state index in [0.29, 0.717) is 5.56 Å². The smallest absolute Gasteiger partial charge is 0.266 e. The van der Waals surface area contributed by atoms with E-state index in [2.05, 4.69) is 15.3 Å². The van der Waals surface area contributed by atoms with Crippen LogP contribution in [0.25, 0.3) is 0 Å². The summed E-state index contributed by atoms with van der Waals surface area (Å²) >= 11 is 0. The standard InChI is InChI=1S/C12H20N4O2/c1-16(6-3-7-18-2)9-11-5-4-10(8-14-11)12(17)15-13/h4-5,8H,3,6-7,9,13H2,1-2H3,(H,15,17). The molecule has 0 unspecified atom stereocenters. The van der Waals surface area contributed by atoms with Gasteiger partial charge in [-0.3, -0.25) is 15.2 Å². The number of methoxy groups -OCH3 is 1. The van der Waals surface area contributed by atoms with Gasteiger partial charge < -0.3 is 9.64 Å². The van der Waals surface area contributed by atoms with E-state index in [4.69, 9.17) is 10.6 Å². The van der Waals surface area contributed by atoms with Gasteiger partial charge in [0.25, 0.3) is 5.91 Å². The molecule has 0 atom stereocenters. The molecule has 1 heterocycles. The number of rotatable bonds is 7. The first-order chi connectivity index (χ1) is 8.67. The van der Waals surface area contributed by atoms with Gasteiger partial charge in [0.2, 0.25) is 0 Å². The molecule has 0 saturated carbocycles. The van der Waals surface area contributed by atoms with Gasteiger partial charge in [0.1, 0.15) is 0 Å². The summed E-state index contributed by atoms with van der Waals surface area (Å²) in [4.78, 5) is 17.6. The zero-order chi connectivity index (χ0) is 13.4. The molecule has 1 aromatic rings. The number of carbonyl (C=O) groups excluding carboxylic acids is 1. The van der Waals surface area contributed by atoms with Gasteiger partial charge in [-0.25, -0.2) is 5.84 Å². The highest BCUT2D eigenvalue weighted by Gasteiger charge is 2.05. The van der Waals surface area contributed by atoms with Crippen LogP contribution in [0.1, 0.15) is 22.5 Å². The molecule has 1 rings (SSSR count). The number of nitrogens with one attached hydrogen (secondary N) is 1. The van der Waals surface area contributed by atoms with Crippen molar-refractivity contribution in [2.45, 2.75) is 13.0 Å². The van der Waals surface area contributed by atoms with Gasteiger partial charge in [0.05, 0.1) is 11.3 Å². The van der Waals surface area contributed by atoms with E-state index in [0.717, 1.165) is 31.8 Å². The number of hydrazine groups is 1. The summed E-state index contributed by atoms with van der Waals surface area (Å²) in [5.41, 5.74) is 3.45. The van der Waals surface area contributed by atoms with Crippen molar-refractivity contribution < 1.29 is 9.53 Å². The number of nitrogen functional groups attached to an aromatic ring is 1. The van der Waals surface area contributed by atoms with Gasteiger partial charge in [0.15, 0.2) is 0 Å². The van der Waals surface area contributed by atoms with E-state index >= 15 is 0 Å². The number of pyridine rings is 1. The predicted molar refractivity (Wildman–Crippen MR) is 68.7 cm³/mol. The summed E-state index contributed by atoms with van der Waals surface area (Å²) < 4.78 is 5.00. The van der Waals surface area contributed by atoms with E-state index < -0.39 is 0 Å². The summed E-state index contributed by atoms with van der Waals surface area (Å²) in [6.45, 7) is 2.45. The Balaban J connectivity index is 2.45. The molecule has 0 aliphatic carbocycles. The monoisotopic (exact) mass is 252 g/mol. The van der Waals surface area contributed by atoms with Crippen molar-refractivity contribution in [1.29, 1.82) is 0 Å². The van der Waals surface area contributed by atoms with E-state index in [1.807, 2.05) is 13.1 Å². The van der Waals surface area contributed by atoms with Gasteiger partial charge in [-0.15, -0.1) is 0 Å². The predicted octanol–water partition coefficient (Wildman–Crippen LogP) is 0.153. The Kier molecular flexibility index (Phi) is 6.27. The van der Waals surface area contributed by atoms with Crippen LogP contribution in [-0.2, 0) is 11.3 Å². The second-order valence-electron chi connectivity index (χ2n) is 4.10. The number of hydrogen-bond donors (Lipinski definition) is 2. The average Bonchev–Trinajstić information content (AvgIpc) is 2.39. The molecule has 0 spiro atoms. The Bertz CT molecular complexity index is 367. The number of nitrogens with two attached hydrogens (primary N) is 1. The van der Waals surface area contributed by atoms with Gasteiger partial charge in [-0.05, 0) is 25.6 Å². The third-order valence-electron chi connectivity index (χ3n) is 2.54. The highest BCUT2D eigenvalue weighted by Crippen LogP contribution is 2.03. The molecule has 0 saturated heterocycles. The minimum atomic E-state index is -0.331. The van der Waals surface area contributed by atoms with Crippen LogP contribution in [0, 0.1) is 0 Å². The lowest BCUT2D eigenvalue weighted by Gasteiger charge is -2.15. The second-order valence-corrected chi connectivity index (χ2v) is 4.10. The Morgan fingerprint density at radius 2 is 2.33 bits per heavy atom. The molecule has 1 aromatic heterocycles. The summed E-state index contributed by atoms with van der Waals surface area (Å²) in [6.07, 6.45) is 2.52. The minimum Gasteiger partial charge on any atom is -0.385 e. The largest absolute Gasteiger partial charge is 0.385 e.